The van der Waals surface area contributed by atoms with Crippen LogP contribution in [0.4, 0.5) is 11.4 Å². The Kier molecular flexibility index (Phi) is 5.78. The summed E-state index contributed by atoms with van der Waals surface area (Å²) in [5, 5.41) is 5.05. The van der Waals surface area contributed by atoms with E-state index in [9.17, 15) is 0 Å². The van der Waals surface area contributed by atoms with Crippen molar-refractivity contribution in [3.8, 4) is 0 Å². The Morgan fingerprint density at radius 3 is 1.88 bits per heavy atom. The lowest BCUT2D eigenvalue weighted by Gasteiger charge is -2.28. The van der Waals surface area contributed by atoms with E-state index in [1.54, 1.807) is 0 Å². The van der Waals surface area contributed by atoms with Crippen molar-refractivity contribution in [3.05, 3.63) is 139 Å². The quantitative estimate of drug-likeness (QED) is 0.200. The van der Waals surface area contributed by atoms with Gasteiger partial charge in [-0.1, -0.05) is 103 Å². The Bertz CT molecular complexity index is 1460. The van der Waals surface area contributed by atoms with Crippen LogP contribution in [0.15, 0.2) is 133 Å². The highest BCUT2D eigenvalue weighted by Gasteiger charge is 2.16. The summed E-state index contributed by atoms with van der Waals surface area (Å²) < 4.78 is 0. The zero-order chi connectivity index (χ0) is 22.6. The van der Waals surface area contributed by atoms with Crippen LogP contribution < -0.4 is 4.90 Å². The molecule has 0 heterocycles. The lowest BCUT2D eigenvalue weighted by atomic mass is 9.99. The molecule has 0 amide bonds. The molecule has 33 heavy (non-hydrogen) atoms. The van der Waals surface area contributed by atoms with Crippen LogP contribution in [0.3, 0.4) is 0 Å². The van der Waals surface area contributed by atoms with Crippen LogP contribution in [0.1, 0.15) is 19.4 Å². The number of allylic oxidation sites excluding steroid dienone is 4. The van der Waals surface area contributed by atoms with Gasteiger partial charge in [-0.15, -0.1) is 0 Å². The monoisotopic (exact) mass is 425 g/mol. The lowest BCUT2D eigenvalue weighted by molar-refractivity contribution is 1.17. The fourth-order valence-corrected chi connectivity index (χ4v) is 4.45. The molecule has 0 unspecified atom stereocenters. The van der Waals surface area contributed by atoms with Crippen molar-refractivity contribution in [2.45, 2.75) is 13.8 Å². The fourth-order valence-electron chi connectivity index (χ4n) is 4.45. The number of nitrogens with zero attached hydrogens (tertiary/aromatic N) is 1. The van der Waals surface area contributed by atoms with Crippen molar-refractivity contribution < 1.29 is 0 Å². The second kappa shape index (κ2) is 9.18. The maximum Gasteiger partial charge on any atom is 0.0543 e. The fraction of sp³-hybridized carbons (Fsp3) is 0.0625. The third-order valence-corrected chi connectivity index (χ3v) is 6.16. The van der Waals surface area contributed by atoms with E-state index >= 15 is 0 Å². The molecule has 0 spiro atoms. The van der Waals surface area contributed by atoms with Gasteiger partial charge in [-0.2, -0.15) is 0 Å². The van der Waals surface area contributed by atoms with Gasteiger partial charge < -0.3 is 4.90 Å². The molecule has 160 valence electrons. The molecular weight excluding hydrogens is 398 g/mol. The van der Waals surface area contributed by atoms with Crippen LogP contribution in [0.5, 0.6) is 0 Å². The van der Waals surface area contributed by atoms with E-state index in [4.69, 9.17) is 0 Å². The van der Waals surface area contributed by atoms with Gasteiger partial charge in [0.1, 0.15) is 0 Å². The third kappa shape index (κ3) is 4.18. The van der Waals surface area contributed by atoms with E-state index in [1.807, 2.05) is 0 Å². The standard InChI is InChI=1S/C32H27N/c1-24(26-13-5-3-6-14-26)21-22-25(2)33(28-16-7-4-8-17-28)32-23-27-15-9-10-18-29(27)30-19-11-12-20-31(30)32/h3-23H,1-2H3/b24-21+,25-22+. The number of anilines is 2. The summed E-state index contributed by atoms with van der Waals surface area (Å²) >= 11 is 0. The van der Waals surface area contributed by atoms with Crippen LogP contribution in [-0.2, 0) is 0 Å². The number of hydrogen-bond acceptors (Lipinski definition) is 1. The Morgan fingerprint density at radius 1 is 0.576 bits per heavy atom. The van der Waals surface area contributed by atoms with Crippen LogP contribution in [0.25, 0.3) is 27.1 Å². The molecule has 0 atom stereocenters. The van der Waals surface area contributed by atoms with Crippen LogP contribution in [0.2, 0.25) is 0 Å². The molecule has 0 aliphatic carbocycles. The number of para-hydroxylation sites is 1. The normalized spacial score (nSPS) is 12.3. The summed E-state index contributed by atoms with van der Waals surface area (Å²) in [7, 11) is 0. The summed E-state index contributed by atoms with van der Waals surface area (Å²) in [6.45, 7) is 4.35. The van der Waals surface area contributed by atoms with E-state index in [2.05, 4.69) is 146 Å². The van der Waals surface area contributed by atoms with Crippen molar-refractivity contribution >= 4 is 38.5 Å². The van der Waals surface area contributed by atoms with E-state index < -0.39 is 0 Å². The molecule has 0 radical (unpaired) electrons. The molecule has 0 bridgehead atoms. The molecule has 0 aromatic heterocycles. The van der Waals surface area contributed by atoms with Crippen molar-refractivity contribution in [3.63, 3.8) is 0 Å². The van der Waals surface area contributed by atoms with E-state index in [0.717, 1.165) is 11.4 Å². The SMILES string of the molecule is C/C(=C\C=C(/C)N(c1ccccc1)c1cc2ccccc2c2ccccc12)c1ccccc1. The van der Waals surface area contributed by atoms with Gasteiger partial charge in [0, 0.05) is 16.8 Å². The van der Waals surface area contributed by atoms with E-state index in [-0.39, 0.29) is 0 Å². The van der Waals surface area contributed by atoms with Gasteiger partial charge >= 0.3 is 0 Å². The largest absolute Gasteiger partial charge is 0.314 e. The first-order chi connectivity index (χ1) is 16.2. The molecule has 0 aliphatic heterocycles. The third-order valence-electron chi connectivity index (χ3n) is 6.16. The second-order valence-electron chi connectivity index (χ2n) is 8.36. The molecule has 0 aliphatic rings. The average molecular weight is 426 g/mol. The van der Waals surface area contributed by atoms with Gasteiger partial charge in [0.05, 0.1) is 5.69 Å². The van der Waals surface area contributed by atoms with Gasteiger partial charge in [-0.05, 0) is 65.4 Å². The molecule has 5 aromatic carbocycles. The minimum atomic E-state index is 1.15. The molecule has 5 aromatic rings. The van der Waals surface area contributed by atoms with Crippen LogP contribution >= 0.6 is 0 Å². The first-order valence-electron chi connectivity index (χ1n) is 11.4. The maximum absolute atomic E-state index is 2.36. The second-order valence-corrected chi connectivity index (χ2v) is 8.36. The van der Waals surface area contributed by atoms with Gasteiger partial charge in [0.25, 0.3) is 0 Å². The minimum absolute atomic E-state index is 1.15. The first kappa shape index (κ1) is 20.8. The summed E-state index contributed by atoms with van der Waals surface area (Å²) in [5.41, 5.74) is 5.99. The van der Waals surface area contributed by atoms with Crippen LogP contribution in [-0.4, -0.2) is 0 Å². The topological polar surface area (TPSA) is 3.24 Å². The summed E-state index contributed by atoms with van der Waals surface area (Å²) in [6, 6.07) is 40.8. The van der Waals surface area contributed by atoms with Gasteiger partial charge in [0.15, 0.2) is 0 Å². The van der Waals surface area contributed by atoms with E-state index in [1.165, 1.54) is 38.4 Å². The number of rotatable bonds is 5. The summed E-state index contributed by atoms with van der Waals surface area (Å²) in [4.78, 5) is 2.36. The predicted molar refractivity (Wildman–Crippen MR) is 144 cm³/mol. The Morgan fingerprint density at radius 2 is 1.15 bits per heavy atom. The summed E-state index contributed by atoms with van der Waals surface area (Å²) in [5.74, 6) is 0. The zero-order valence-electron chi connectivity index (χ0n) is 19.1. The highest BCUT2D eigenvalue weighted by molar-refractivity contribution is 6.14. The average Bonchev–Trinajstić information content (AvgIpc) is 2.88. The molecule has 0 N–H and O–H groups in total. The highest BCUT2D eigenvalue weighted by atomic mass is 15.1. The smallest absolute Gasteiger partial charge is 0.0543 e. The number of fused-ring (bicyclic) bond motifs is 3. The van der Waals surface area contributed by atoms with Crippen molar-refractivity contribution in [1.29, 1.82) is 0 Å². The zero-order valence-corrected chi connectivity index (χ0v) is 19.1. The molecular formula is C32H27N. The van der Waals surface area contributed by atoms with E-state index in [0.29, 0.717) is 0 Å². The maximum atomic E-state index is 2.36. The highest BCUT2D eigenvalue weighted by Crippen LogP contribution is 2.39. The molecule has 0 saturated heterocycles. The van der Waals surface area contributed by atoms with Crippen LogP contribution in [0, 0.1) is 0 Å². The molecule has 5 rings (SSSR count). The molecule has 0 fully saturated rings. The predicted octanol–water partition coefficient (Wildman–Crippen LogP) is 9.14. The Hall–Kier alpha value is -4.10. The Balaban J connectivity index is 1.71. The number of hydrogen-bond donors (Lipinski definition) is 0. The molecule has 1 heteroatoms. The molecule has 1 nitrogen and oxygen atoms in total. The first-order valence-corrected chi connectivity index (χ1v) is 11.4. The van der Waals surface area contributed by atoms with Crippen molar-refractivity contribution in [2.75, 3.05) is 4.90 Å². The van der Waals surface area contributed by atoms with Gasteiger partial charge in [-0.25, -0.2) is 0 Å². The molecule has 0 saturated carbocycles. The lowest BCUT2D eigenvalue weighted by Crippen LogP contribution is -2.14. The Labute approximate surface area is 195 Å². The number of benzene rings is 5. The van der Waals surface area contributed by atoms with Crippen molar-refractivity contribution in [1.82, 2.24) is 0 Å². The van der Waals surface area contributed by atoms with Crippen molar-refractivity contribution in [2.24, 2.45) is 0 Å². The minimum Gasteiger partial charge on any atom is -0.314 e. The van der Waals surface area contributed by atoms with Gasteiger partial charge in [-0.3, -0.25) is 0 Å². The van der Waals surface area contributed by atoms with Gasteiger partial charge in [0.2, 0.25) is 0 Å². The summed E-state index contributed by atoms with van der Waals surface area (Å²) in [6.07, 6.45) is 4.43.